The number of fused-ring (bicyclic) bond motifs is 1. The van der Waals surface area contributed by atoms with Gasteiger partial charge < -0.3 is 5.32 Å². The lowest BCUT2D eigenvalue weighted by molar-refractivity contribution is -0.121. The Balaban J connectivity index is 1.29. The van der Waals surface area contributed by atoms with E-state index in [1.54, 1.807) is 24.3 Å². The third-order valence-corrected chi connectivity index (χ3v) is 6.48. The van der Waals surface area contributed by atoms with Crippen LogP contribution in [0.3, 0.4) is 0 Å². The molecule has 5 heteroatoms. The number of hydrogen-bond acceptors (Lipinski definition) is 3. The van der Waals surface area contributed by atoms with E-state index in [0.29, 0.717) is 17.5 Å². The maximum atomic E-state index is 13.0. The SMILES string of the molecule is O=C(CCN1C(=O)c2ccccc2C1=O)NC(Cc1ccccc1)c1ccc(-c2ccccc2)cc1. The number of carbonyl (C=O) groups excluding carboxylic acids is 3. The Kier molecular flexibility index (Phi) is 6.72. The first kappa shape index (κ1) is 23.2. The van der Waals surface area contributed by atoms with Gasteiger partial charge in [0.15, 0.2) is 0 Å². The molecule has 0 bridgehead atoms. The Bertz CT molecular complexity index is 1350. The Hall–Kier alpha value is -4.51. The summed E-state index contributed by atoms with van der Waals surface area (Å²) >= 11 is 0. The van der Waals surface area contributed by atoms with Gasteiger partial charge >= 0.3 is 0 Å². The van der Waals surface area contributed by atoms with Crippen molar-refractivity contribution in [3.8, 4) is 11.1 Å². The van der Waals surface area contributed by atoms with Gasteiger partial charge in [0, 0.05) is 13.0 Å². The molecular formula is C31H26N2O3. The van der Waals surface area contributed by atoms with Crippen molar-refractivity contribution >= 4 is 17.7 Å². The van der Waals surface area contributed by atoms with E-state index in [9.17, 15) is 14.4 Å². The first-order chi connectivity index (χ1) is 17.6. The van der Waals surface area contributed by atoms with Gasteiger partial charge in [-0.25, -0.2) is 0 Å². The Morgan fingerprint density at radius 3 is 1.81 bits per heavy atom. The lowest BCUT2D eigenvalue weighted by Crippen LogP contribution is -2.36. The normalized spacial score (nSPS) is 13.4. The molecule has 0 fully saturated rings. The highest BCUT2D eigenvalue weighted by atomic mass is 16.2. The summed E-state index contributed by atoms with van der Waals surface area (Å²) < 4.78 is 0. The Labute approximate surface area is 210 Å². The van der Waals surface area contributed by atoms with Crippen LogP contribution >= 0.6 is 0 Å². The zero-order chi connectivity index (χ0) is 24.9. The lowest BCUT2D eigenvalue weighted by atomic mass is 9.96. The van der Waals surface area contributed by atoms with Crippen molar-refractivity contribution < 1.29 is 14.4 Å². The second-order valence-electron chi connectivity index (χ2n) is 8.86. The monoisotopic (exact) mass is 474 g/mol. The molecule has 1 aliphatic heterocycles. The smallest absolute Gasteiger partial charge is 0.261 e. The maximum absolute atomic E-state index is 13.0. The molecule has 0 aliphatic carbocycles. The van der Waals surface area contributed by atoms with E-state index in [1.807, 2.05) is 60.7 Å². The molecule has 0 aromatic heterocycles. The topological polar surface area (TPSA) is 66.5 Å². The average molecular weight is 475 g/mol. The van der Waals surface area contributed by atoms with Gasteiger partial charge in [0.25, 0.3) is 11.8 Å². The molecule has 1 unspecified atom stereocenters. The number of nitrogens with zero attached hydrogens (tertiary/aromatic N) is 1. The molecule has 0 saturated carbocycles. The molecule has 1 aliphatic rings. The predicted octanol–water partition coefficient (Wildman–Crippen LogP) is 5.44. The highest BCUT2D eigenvalue weighted by Gasteiger charge is 2.35. The summed E-state index contributed by atoms with van der Waals surface area (Å²) in [6, 6.07) is 34.9. The molecule has 0 saturated heterocycles. The minimum absolute atomic E-state index is 0.0405. The van der Waals surface area contributed by atoms with Gasteiger partial charge in [-0.05, 0) is 40.8 Å². The van der Waals surface area contributed by atoms with Crippen molar-refractivity contribution in [2.45, 2.75) is 18.9 Å². The number of imide groups is 1. The van der Waals surface area contributed by atoms with Gasteiger partial charge in [-0.15, -0.1) is 0 Å². The summed E-state index contributed by atoms with van der Waals surface area (Å²) in [7, 11) is 0. The lowest BCUT2D eigenvalue weighted by Gasteiger charge is -2.21. The van der Waals surface area contributed by atoms with Crippen molar-refractivity contribution in [2.75, 3.05) is 6.54 Å². The molecular weight excluding hydrogens is 448 g/mol. The summed E-state index contributed by atoms with van der Waals surface area (Å²) in [5, 5.41) is 3.13. The molecule has 1 heterocycles. The molecule has 0 radical (unpaired) electrons. The van der Waals surface area contributed by atoms with E-state index < -0.39 is 0 Å². The second kappa shape index (κ2) is 10.4. The molecule has 3 amide bonds. The van der Waals surface area contributed by atoms with Gasteiger partial charge in [-0.2, -0.15) is 0 Å². The number of benzene rings is 4. The first-order valence-electron chi connectivity index (χ1n) is 12.0. The van der Waals surface area contributed by atoms with Crippen LogP contribution < -0.4 is 5.32 Å². The van der Waals surface area contributed by atoms with Gasteiger partial charge in [0.05, 0.1) is 17.2 Å². The molecule has 178 valence electrons. The molecule has 1 N–H and O–H groups in total. The van der Waals surface area contributed by atoms with Crippen LogP contribution in [-0.2, 0) is 11.2 Å². The average Bonchev–Trinajstić information content (AvgIpc) is 3.17. The maximum Gasteiger partial charge on any atom is 0.261 e. The third-order valence-electron chi connectivity index (χ3n) is 6.48. The van der Waals surface area contributed by atoms with E-state index in [0.717, 1.165) is 27.2 Å². The van der Waals surface area contributed by atoms with Crippen LogP contribution in [0.1, 0.15) is 44.3 Å². The molecule has 4 aromatic rings. The third kappa shape index (κ3) is 4.96. The molecule has 5 rings (SSSR count). The van der Waals surface area contributed by atoms with E-state index in [2.05, 4.69) is 29.6 Å². The largest absolute Gasteiger partial charge is 0.349 e. The van der Waals surface area contributed by atoms with Crippen LogP contribution in [0, 0.1) is 0 Å². The van der Waals surface area contributed by atoms with Crippen LogP contribution in [0.5, 0.6) is 0 Å². The Morgan fingerprint density at radius 1 is 0.667 bits per heavy atom. The zero-order valence-corrected chi connectivity index (χ0v) is 19.8. The van der Waals surface area contributed by atoms with Crippen LogP contribution in [0.2, 0.25) is 0 Å². The van der Waals surface area contributed by atoms with Crippen molar-refractivity contribution in [1.29, 1.82) is 0 Å². The second-order valence-corrected chi connectivity index (χ2v) is 8.86. The fourth-order valence-electron chi connectivity index (χ4n) is 4.56. The van der Waals surface area contributed by atoms with Crippen LogP contribution in [0.15, 0.2) is 109 Å². The fraction of sp³-hybridized carbons (Fsp3) is 0.129. The molecule has 4 aromatic carbocycles. The fourth-order valence-corrected chi connectivity index (χ4v) is 4.56. The first-order valence-corrected chi connectivity index (χ1v) is 12.0. The zero-order valence-electron chi connectivity index (χ0n) is 19.8. The van der Waals surface area contributed by atoms with Gasteiger partial charge in [0.1, 0.15) is 0 Å². The van der Waals surface area contributed by atoms with Crippen molar-refractivity contribution in [1.82, 2.24) is 10.2 Å². The van der Waals surface area contributed by atoms with E-state index >= 15 is 0 Å². The van der Waals surface area contributed by atoms with Gasteiger partial charge in [0.2, 0.25) is 5.91 Å². The highest BCUT2D eigenvalue weighted by Crippen LogP contribution is 2.25. The number of hydrogen-bond donors (Lipinski definition) is 1. The number of carbonyl (C=O) groups is 3. The van der Waals surface area contributed by atoms with Crippen LogP contribution in [-0.4, -0.2) is 29.2 Å². The number of rotatable bonds is 8. The minimum Gasteiger partial charge on any atom is -0.349 e. The molecule has 5 nitrogen and oxygen atoms in total. The van der Waals surface area contributed by atoms with Gasteiger partial charge in [-0.3, -0.25) is 19.3 Å². The van der Waals surface area contributed by atoms with E-state index in [-0.39, 0.29) is 36.7 Å². The van der Waals surface area contributed by atoms with Crippen molar-refractivity contribution in [2.24, 2.45) is 0 Å². The van der Waals surface area contributed by atoms with E-state index in [1.165, 1.54) is 0 Å². The molecule has 1 atom stereocenters. The summed E-state index contributed by atoms with van der Waals surface area (Å²) in [5.41, 5.74) is 5.12. The summed E-state index contributed by atoms with van der Waals surface area (Å²) in [4.78, 5) is 39.4. The van der Waals surface area contributed by atoms with Crippen molar-refractivity contribution in [3.05, 3.63) is 131 Å². The Morgan fingerprint density at radius 2 is 1.19 bits per heavy atom. The molecule has 0 spiro atoms. The standard InChI is InChI=1S/C31H26N2O3/c34-29(19-20-33-30(35)26-13-7-8-14-27(26)31(33)36)32-28(21-22-9-3-1-4-10-22)25-17-15-24(16-18-25)23-11-5-2-6-12-23/h1-18,28H,19-21H2,(H,32,34). The number of amides is 3. The summed E-state index contributed by atoms with van der Waals surface area (Å²) in [6.07, 6.45) is 0.670. The van der Waals surface area contributed by atoms with Crippen LogP contribution in [0.4, 0.5) is 0 Å². The minimum atomic E-state index is -0.347. The summed E-state index contributed by atoms with van der Waals surface area (Å²) in [5.74, 6) is -0.902. The quantitative estimate of drug-likeness (QED) is 0.346. The van der Waals surface area contributed by atoms with Crippen molar-refractivity contribution in [3.63, 3.8) is 0 Å². The highest BCUT2D eigenvalue weighted by molar-refractivity contribution is 6.21. The summed E-state index contributed by atoms with van der Waals surface area (Å²) in [6.45, 7) is 0.0448. The predicted molar refractivity (Wildman–Crippen MR) is 139 cm³/mol. The molecule has 36 heavy (non-hydrogen) atoms. The van der Waals surface area contributed by atoms with E-state index in [4.69, 9.17) is 0 Å². The van der Waals surface area contributed by atoms with Gasteiger partial charge in [-0.1, -0.05) is 97.1 Å². The van der Waals surface area contributed by atoms with Crippen LogP contribution in [0.25, 0.3) is 11.1 Å². The number of nitrogens with one attached hydrogen (secondary N) is 1.